The van der Waals surface area contributed by atoms with Crippen LogP contribution in [0.25, 0.3) is 0 Å². The Balaban J connectivity index is 1.79. The minimum Gasteiger partial charge on any atom is -0.494 e. The van der Waals surface area contributed by atoms with Crippen LogP contribution in [-0.4, -0.2) is 32.1 Å². The summed E-state index contributed by atoms with van der Waals surface area (Å²) in [5.74, 6) is 1.97. The van der Waals surface area contributed by atoms with Crippen LogP contribution in [0.15, 0.2) is 24.3 Å². The van der Waals surface area contributed by atoms with Gasteiger partial charge in [0.15, 0.2) is 0 Å². The number of rotatable bonds is 7. The second-order valence-electron chi connectivity index (χ2n) is 6.46. The predicted molar refractivity (Wildman–Crippen MR) is 89.3 cm³/mol. The molecule has 0 saturated carbocycles. The molecule has 1 amide bonds. The van der Waals surface area contributed by atoms with E-state index in [0.717, 1.165) is 37.8 Å². The Hall–Kier alpha value is -1.55. The summed E-state index contributed by atoms with van der Waals surface area (Å²) in [5.41, 5.74) is 0.667. The van der Waals surface area contributed by atoms with Crippen LogP contribution in [0.4, 0.5) is 0 Å². The van der Waals surface area contributed by atoms with E-state index in [1.165, 1.54) is 12.8 Å². The van der Waals surface area contributed by atoms with Gasteiger partial charge >= 0.3 is 0 Å². The van der Waals surface area contributed by atoms with Gasteiger partial charge in [0.05, 0.1) is 6.61 Å². The van der Waals surface area contributed by atoms with Crippen molar-refractivity contribution in [3.63, 3.8) is 0 Å². The Morgan fingerprint density at radius 2 is 2.14 bits per heavy atom. The van der Waals surface area contributed by atoms with Gasteiger partial charge in [0.1, 0.15) is 5.75 Å². The molecule has 0 unspecified atom stereocenters. The molecule has 0 aromatic heterocycles. The quantitative estimate of drug-likeness (QED) is 0.814. The number of carbonyl (C=O) groups excluding carboxylic acids is 1. The molecule has 0 bridgehead atoms. The summed E-state index contributed by atoms with van der Waals surface area (Å²) >= 11 is 0. The van der Waals surface area contributed by atoms with Crippen molar-refractivity contribution < 1.29 is 9.53 Å². The molecule has 0 radical (unpaired) electrons. The molecule has 4 heteroatoms. The third kappa shape index (κ3) is 5.68. The summed E-state index contributed by atoms with van der Waals surface area (Å²) in [7, 11) is 0. The first-order valence-electron chi connectivity index (χ1n) is 8.37. The highest BCUT2D eigenvalue weighted by Gasteiger charge is 2.13. The lowest BCUT2D eigenvalue weighted by Crippen LogP contribution is -2.28. The number of carbonyl (C=O) groups is 1. The van der Waals surface area contributed by atoms with Crippen molar-refractivity contribution >= 4 is 5.91 Å². The molecule has 0 spiro atoms. The largest absolute Gasteiger partial charge is 0.494 e. The van der Waals surface area contributed by atoms with Gasteiger partial charge in [-0.1, -0.05) is 19.9 Å². The Labute approximate surface area is 133 Å². The topological polar surface area (TPSA) is 50.4 Å². The van der Waals surface area contributed by atoms with Crippen molar-refractivity contribution in [1.82, 2.24) is 10.6 Å². The number of piperidine rings is 1. The Kier molecular flexibility index (Phi) is 6.72. The van der Waals surface area contributed by atoms with Crippen LogP contribution in [-0.2, 0) is 0 Å². The summed E-state index contributed by atoms with van der Waals surface area (Å²) in [6.07, 6.45) is 3.56. The van der Waals surface area contributed by atoms with Crippen molar-refractivity contribution in [2.75, 3.05) is 26.2 Å². The number of amides is 1. The first-order chi connectivity index (χ1) is 10.6. The zero-order chi connectivity index (χ0) is 15.8. The molecular formula is C18H28N2O2. The number of hydrogen-bond donors (Lipinski definition) is 2. The van der Waals surface area contributed by atoms with E-state index >= 15 is 0 Å². The molecule has 2 N–H and O–H groups in total. The van der Waals surface area contributed by atoms with E-state index in [1.54, 1.807) is 0 Å². The van der Waals surface area contributed by atoms with Gasteiger partial charge in [-0.2, -0.15) is 0 Å². The normalized spacial score (nSPS) is 15.8. The summed E-state index contributed by atoms with van der Waals surface area (Å²) in [6, 6.07) is 7.46. The maximum Gasteiger partial charge on any atom is 0.251 e. The standard InChI is InChI=1S/C18H28N2O2/c1-14(2)13-20-18(21)16-4-3-5-17(12-16)22-11-8-15-6-9-19-10-7-15/h3-5,12,14-15,19H,6-11,13H2,1-2H3,(H,20,21). The zero-order valence-corrected chi connectivity index (χ0v) is 13.7. The lowest BCUT2D eigenvalue weighted by atomic mass is 9.95. The molecular weight excluding hydrogens is 276 g/mol. The highest BCUT2D eigenvalue weighted by Crippen LogP contribution is 2.18. The van der Waals surface area contributed by atoms with Gasteiger partial charge < -0.3 is 15.4 Å². The fraction of sp³-hybridized carbons (Fsp3) is 0.611. The molecule has 1 aromatic carbocycles. The third-order valence-corrected chi connectivity index (χ3v) is 4.02. The van der Waals surface area contributed by atoms with E-state index in [4.69, 9.17) is 4.74 Å². The maximum atomic E-state index is 12.0. The van der Waals surface area contributed by atoms with Crippen molar-refractivity contribution in [2.45, 2.75) is 33.1 Å². The van der Waals surface area contributed by atoms with Crippen LogP contribution >= 0.6 is 0 Å². The molecule has 0 aliphatic carbocycles. The van der Waals surface area contributed by atoms with Crippen LogP contribution in [0.5, 0.6) is 5.75 Å². The summed E-state index contributed by atoms with van der Waals surface area (Å²) in [4.78, 5) is 12.0. The van der Waals surface area contributed by atoms with Gasteiger partial charge in [0.2, 0.25) is 0 Å². The minimum absolute atomic E-state index is 0.0301. The second kappa shape index (κ2) is 8.79. The van der Waals surface area contributed by atoms with Crippen LogP contribution in [0, 0.1) is 11.8 Å². The van der Waals surface area contributed by atoms with E-state index in [1.807, 2.05) is 24.3 Å². The van der Waals surface area contributed by atoms with E-state index in [-0.39, 0.29) is 5.91 Å². The van der Waals surface area contributed by atoms with Crippen molar-refractivity contribution in [2.24, 2.45) is 11.8 Å². The molecule has 1 fully saturated rings. The Morgan fingerprint density at radius 1 is 1.36 bits per heavy atom. The van der Waals surface area contributed by atoms with Crippen LogP contribution in [0.1, 0.15) is 43.5 Å². The fourth-order valence-electron chi connectivity index (χ4n) is 2.64. The number of nitrogens with one attached hydrogen (secondary N) is 2. The SMILES string of the molecule is CC(C)CNC(=O)c1cccc(OCCC2CCNCC2)c1. The minimum atomic E-state index is -0.0301. The number of benzene rings is 1. The molecule has 1 aliphatic heterocycles. The first-order valence-corrected chi connectivity index (χ1v) is 8.37. The molecule has 0 atom stereocenters. The zero-order valence-electron chi connectivity index (χ0n) is 13.7. The van der Waals surface area contributed by atoms with Gasteiger partial charge in [0.25, 0.3) is 5.91 Å². The van der Waals surface area contributed by atoms with Gasteiger partial charge in [-0.05, 0) is 62.4 Å². The van der Waals surface area contributed by atoms with Crippen molar-refractivity contribution in [3.05, 3.63) is 29.8 Å². The molecule has 122 valence electrons. The van der Waals surface area contributed by atoms with Crippen LogP contribution < -0.4 is 15.4 Å². The maximum absolute atomic E-state index is 12.0. The third-order valence-electron chi connectivity index (χ3n) is 4.02. The van der Waals surface area contributed by atoms with Gasteiger partial charge in [0, 0.05) is 12.1 Å². The Morgan fingerprint density at radius 3 is 2.86 bits per heavy atom. The smallest absolute Gasteiger partial charge is 0.251 e. The molecule has 1 heterocycles. The highest BCUT2D eigenvalue weighted by molar-refractivity contribution is 5.94. The second-order valence-corrected chi connectivity index (χ2v) is 6.46. The van der Waals surface area contributed by atoms with E-state index in [2.05, 4.69) is 24.5 Å². The number of ether oxygens (including phenoxy) is 1. The lowest BCUT2D eigenvalue weighted by Gasteiger charge is -2.22. The fourth-order valence-corrected chi connectivity index (χ4v) is 2.64. The molecule has 1 aliphatic rings. The average Bonchev–Trinajstić information content (AvgIpc) is 2.54. The lowest BCUT2D eigenvalue weighted by molar-refractivity contribution is 0.0948. The van der Waals surface area contributed by atoms with E-state index in [9.17, 15) is 4.79 Å². The summed E-state index contributed by atoms with van der Waals surface area (Å²) in [6.45, 7) is 7.83. The van der Waals surface area contributed by atoms with E-state index < -0.39 is 0 Å². The molecule has 2 rings (SSSR count). The number of hydrogen-bond acceptors (Lipinski definition) is 3. The summed E-state index contributed by atoms with van der Waals surface area (Å²) in [5, 5.41) is 6.31. The van der Waals surface area contributed by atoms with Gasteiger partial charge in [-0.25, -0.2) is 0 Å². The molecule has 4 nitrogen and oxygen atoms in total. The Bertz CT molecular complexity index is 468. The molecule has 22 heavy (non-hydrogen) atoms. The first kappa shape index (κ1) is 16.8. The monoisotopic (exact) mass is 304 g/mol. The molecule has 1 aromatic rings. The molecule has 1 saturated heterocycles. The van der Waals surface area contributed by atoms with E-state index in [0.29, 0.717) is 18.0 Å². The van der Waals surface area contributed by atoms with Crippen molar-refractivity contribution in [1.29, 1.82) is 0 Å². The average molecular weight is 304 g/mol. The van der Waals surface area contributed by atoms with Gasteiger partial charge in [-0.3, -0.25) is 4.79 Å². The van der Waals surface area contributed by atoms with Crippen molar-refractivity contribution in [3.8, 4) is 5.75 Å². The van der Waals surface area contributed by atoms with Gasteiger partial charge in [-0.15, -0.1) is 0 Å². The van der Waals surface area contributed by atoms with Crippen LogP contribution in [0.2, 0.25) is 0 Å². The predicted octanol–water partition coefficient (Wildman–Crippen LogP) is 2.84. The summed E-state index contributed by atoms with van der Waals surface area (Å²) < 4.78 is 5.82. The van der Waals surface area contributed by atoms with Crippen LogP contribution in [0.3, 0.4) is 0 Å². The highest BCUT2D eigenvalue weighted by atomic mass is 16.5.